The number of carbonyl (C=O) groups excluding carboxylic acids is 1. The molecule has 3 heterocycles. The van der Waals surface area contributed by atoms with Gasteiger partial charge in [0.25, 0.3) is 0 Å². The van der Waals surface area contributed by atoms with Gasteiger partial charge in [-0.05, 0) is 36.2 Å². The number of nitrogens with two attached hydrogens (primary N) is 1. The number of rotatable bonds is 6. The number of nitrogens with one attached hydrogen (secondary N) is 2. The summed E-state index contributed by atoms with van der Waals surface area (Å²) in [6, 6.07) is 10.6. The molecule has 7 nitrogen and oxygen atoms in total. The number of hydrogen-bond acceptors (Lipinski definition) is 6. The fourth-order valence-corrected chi connectivity index (χ4v) is 3.21. The van der Waals surface area contributed by atoms with Crippen LogP contribution in [0, 0.1) is 0 Å². The quantitative estimate of drug-likeness (QED) is 0.476. The second-order valence-electron chi connectivity index (χ2n) is 5.93. The van der Waals surface area contributed by atoms with Gasteiger partial charge in [0.05, 0.1) is 11.4 Å². The maximum absolute atomic E-state index is 12.1. The van der Waals surface area contributed by atoms with Crippen LogP contribution < -0.4 is 15.8 Å². The van der Waals surface area contributed by atoms with Gasteiger partial charge in [0, 0.05) is 24.0 Å². The Morgan fingerprint density at radius 2 is 2.04 bits per heavy atom. The van der Waals surface area contributed by atoms with Crippen LogP contribution in [0.1, 0.15) is 5.56 Å². The smallest absolute Gasteiger partial charge is 0.243 e. The monoisotopic (exact) mass is 379 g/mol. The number of anilines is 1. The van der Waals surface area contributed by atoms with E-state index in [1.807, 2.05) is 42.6 Å². The highest BCUT2D eigenvalue weighted by Crippen LogP contribution is 2.28. The average Bonchev–Trinajstić information content (AvgIpc) is 3.35. The van der Waals surface area contributed by atoms with E-state index in [0.29, 0.717) is 17.3 Å². The number of aromatic nitrogens is 3. The first-order valence-corrected chi connectivity index (χ1v) is 9.22. The minimum Gasteiger partial charge on any atom is -0.457 e. The Morgan fingerprint density at radius 3 is 2.81 bits per heavy atom. The lowest BCUT2D eigenvalue weighted by atomic mass is 10.1. The molecule has 4 rings (SSSR count). The lowest BCUT2D eigenvalue weighted by molar-refractivity contribution is -0.117. The van der Waals surface area contributed by atoms with E-state index in [-0.39, 0.29) is 5.91 Å². The number of hydrogen-bond donors (Lipinski definition) is 3. The van der Waals surface area contributed by atoms with Crippen molar-refractivity contribution in [2.24, 2.45) is 5.73 Å². The predicted molar refractivity (Wildman–Crippen MR) is 105 cm³/mol. The van der Waals surface area contributed by atoms with Gasteiger partial charge in [0.15, 0.2) is 5.13 Å². The lowest BCUT2D eigenvalue weighted by Gasteiger charge is -2.12. The van der Waals surface area contributed by atoms with Crippen LogP contribution in [0.5, 0.6) is 11.5 Å². The van der Waals surface area contributed by atoms with Gasteiger partial charge in [-0.25, -0.2) is 9.97 Å². The first kappa shape index (κ1) is 17.2. The molecule has 3 aromatic heterocycles. The van der Waals surface area contributed by atoms with Crippen molar-refractivity contribution in [1.82, 2.24) is 15.0 Å². The molecule has 1 atom stereocenters. The number of thiazole rings is 1. The fraction of sp³-hybridized carbons (Fsp3) is 0.105. The van der Waals surface area contributed by atoms with Crippen molar-refractivity contribution in [3.8, 4) is 11.5 Å². The van der Waals surface area contributed by atoms with Gasteiger partial charge in [0.2, 0.25) is 5.91 Å². The van der Waals surface area contributed by atoms with Gasteiger partial charge in [-0.2, -0.15) is 0 Å². The Kier molecular flexibility index (Phi) is 4.82. The number of fused-ring (bicyclic) bond motifs is 1. The molecule has 0 spiro atoms. The van der Waals surface area contributed by atoms with Gasteiger partial charge in [-0.1, -0.05) is 12.1 Å². The van der Waals surface area contributed by atoms with Crippen molar-refractivity contribution < 1.29 is 9.53 Å². The molecule has 1 amide bonds. The average molecular weight is 379 g/mol. The minimum absolute atomic E-state index is 0.253. The molecule has 0 saturated carbocycles. The van der Waals surface area contributed by atoms with E-state index in [0.717, 1.165) is 22.3 Å². The molecule has 136 valence electrons. The van der Waals surface area contributed by atoms with Crippen molar-refractivity contribution in [3.63, 3.8) is 0 Å². The molecule has 0 aliphatic heterocycles. The van der Waals surface area contributed by atoms with Crippen molar-refractivity contribution in [1.29, 1.82) is 0 Å². The molecule has 0 saturated heterocycles. The number of benzene rings is 1. The third kappa shape index (κ3) is 3.97. The fourth-order valence-electron chi connectivity index (χ4n) is 2.67. The maximum Gasteiger partial charge on any atom is 0.243 e. The van der Waals surface area contributed by atoms with Gasteiger partial charge in [-0.3, -0.25) is 4.79 Å². The summed E-state index contributed by atoms with van der Waals surface area (Å²) >= 11 is 1.36. The summed E-state index contributed by atoms with van der Waals surface area (Å²) in [7, 11) is 0. The molecule has 0 radical (unpaired) electrons. The molecule has 0 unspecified atom stereocenters. The van der Waals surface area contributed by atoms with E-state index in [2.05, 4.69) is 20.3 Å². The van der Waals surface area contributed by atoms with Crippen molar-refractivity contribution in [2.45, 2.75) is 12.5 Å². The number of amides is 1. The molecule has 4 N–H and O–H groups in total. The number of ether oxygens (including phenoxy) is 1. The topological polar surface area (TPSA) is 106 Å². The molecule has 0 aliphatic carbocycles. The number of pyridine rings is 1. The van der Waals surface area contributed by atoms with Crippen LogP contribution in [0.2, 0.25) is 0 Å². The van der Waals surface area contributed by atoms with E-state index >= 15 is 0 Å². The van der Waals surface area contributed by atoms with Crippen LogP contribution in [0.15, 0.2) is 60.4 Å². The zero-order valence-corrected chi connectivity index (χ0v) is 15.1. The van der Waals surface area contributed by atoms with Gasteiger partial charge in [-0.15, -0.1) is 11.3 Å². The summed E-state index contributed by atoms with van der Waals surface area (Å²) in [5, 5.41) is 5.97. The molecule has 1 aromatic carbocycles. The second kappa shape index (κ2) is 7.56. The van der Waals surface area contributed by atoms with E-state index in [9.17, 15) is 4.79 Å². The van der Waals surface area contributed by atoms with Gasteiger partial charge in [0.1, 0.15) is 17.1 Å². The number of H-pyrrole nitrogens is 1. The van der Waals surface area contributed by atoms with E-state index < -0.39 is 6.04 Å². The molecule has 27 heavy (non-hydrogen) atoms. The Morgan fingerprint density at radius 1 is 1.19 bits per heavy atom. The van der Waals surface area contributed by atoms with E-state index in [1.54, 1.807) is 17.8 Å². The zero-order chi connectivity index (χ0) is 18.6. The summed E-state index contributed by atoms with van der Waals surface area (Å²) < 4.78 is 5.95. The van der Waals surface area contributed by atoms with Crippen molar-refractivity contribution in [2.75, 3.05) is 5.32 Å². The first-order chi connectivity index (χ1) is 13.2. The molecule has 0 bridgehead atoms. The van der Waals surface area contributed by atoms with Gasteiger partial charge < -0.3 is 20.8 Å². The van der Waals surface area contributed by atoms with Crippen LogP contribution in [0.25, 0.3) is 11.0 Å². The Hall–Kier alpha value is -3.23. The van der Waals surface area contributed by atoms with Crippen molar-refractivity contribution >= 4 is 33.4 Å². The summed E-state index contributed by atoms with van der Waals surface area (Å²) in [6.45, 7) is 0. The summed E-state index contributed by atoms with van der Waals surface area (Å²) in [4.78, 5) is 23.4. The number of aromatic amines is 1. The van der Waals surface area contributed by atoms with Crippen LogP contribution >= 0.6 is 11.3 Å². The first-order valence-electron chi connectivity index (χ1n) is 8.34. The molecular weight excluding hydrogens is 362 g/mol. The Labute approximate surface area is 159 Å². The highest BCUT2D eigenvalue weighted by molar-refractivity contribution is 7.13. The predicted octanol–water partition coefficient (Wildman–Crippen LogP) is 3.32. The number of carbonyl (C=O) groups is 1. The summed E-state index contributed by atoms with van der Waals surface area (Å²) in [5.74, 6) is 1.18. The third-order valence-electron chi connectivity index (χ3n) is 4.03. The number of nitrogens with zero attached hydrogens (tertiary/aromatic N) is 2. The SMILES string of the molecule is N[C@H](Cc1ccc(Oc2ccnc3[nH]ccc23)cc1)C(=O)Nc1nccs1. The zero-order valence-electron chi connectivity index (χ0n) is 14.3. The molecule has 0 aliphatic rings. The molecule has 8 heteroatoms. The second-order valence-corrected chi connectivity index (χ2v) is 6.83. The minimum atomic E-state index is -0.652. The van der Waals surface area contributed by atoms with Crippen LogP contribution in [-0.2, 0) is 11.2 Å². The van der Waals surface area contributed by atoms with Crippen LogP contribution in [0.3, 0.4) is 0 Å². The van der Waals surface area contributed by atoms with Gasteiger partial charge >= 0.3 is 0 Å². The summed E-state index contributed by atoms with van der Waals surface area (Å²) in [5.41, 5.74) is 7.73. The third-order valence-corrected chi connectivity index (χ3v) is 4.71. The Bertz CT molecular complexity index is 1040. The molecule has 0 fully saturated rings. The standard InChI is InChI=1S/C19H17N5O2S/c20-15(18(25)24-19-23-9-10-27-19)11-12-1-3-13(4-2-12)26-16-6-8-22-17-14(16)5-7-21-17/h1-10,15H,11,20H2,(H,21,22)(H,23,24,25)/t15-/m1/s1. The van der Waals surface area contributed by atoms with E-state index in [4.69, 9.17) is 10.5 Å². The van der Waals surface area contributed by atoms with Crippen LogP contribution in [-0.4, -0.2) is 26.9 Å². The molecule has 4 aromatic rings. The van der Waals surface area contributed by atoms with Crippen LogP contribution in [0.4, 0.5) is 5.13 Å². The maximum atomic E-state index is 12.1. The lowest BCUT2D eigenvalue weighted by Crippen LogP contribution is -2.37. The molecular formula is C19H17N5O2S. The largest absolute Gasteiger partial charge is 0.457 e. The Balaban J connectivity index is 1.40. The van der Waals surface area contributed by atoms with Crippen molar-refractivity contribution in [3.05, 3.63) is 65.9 Å². The normalized spacial score (nSPS) is 12.0. The van der Waals surface area contributed by atoms with E-state index in [1.165, 1.54) is 11.3 Å². The highest BCUT2D eigenvalue weighted by atomic mass is 32.1. The highest BCUT2D eigenvalue weighted by Gasteiger charge is 2.15. The summed E-state index contributed by atoms with van der Waals surface area (Å²) in [6.07, 6.45) is 5.58.